The molecule has 2 unspecified atom stereocenters. The molecule has 1 N–H and O–H groups in total. The Hall–Kier alpha value is -0.670. The van der Waals surface area contributed by atoms with Gasteiger partial charge >= 0.3 is 0 Å². The summed E-state index contributed by atoms with van der Waals surface area (Å²) >= 11 is 0. The van der Waals surface area contributed by atoms with Gasteiger partial charge in [0.2, 0.25) is 0 Å². The first-order valence-corrected chi connectivity index (χ1v) is 8.15. The van der Waals surface area contributed by atoms with E-state index in [0.29, 0.717) is 32.5 Å². The minimum Gasteiger partial charge on any atom is -0.382 e. The topological polar surface area (TPSA) is 63.5 Å². The fourth-order valence-electron chi connectivity index (χ4n) is 2.91. The van der Waals surface area contributed by atoms with Crippen molar-refractivity contribution in [3.63, 3.8) is 0 Å². The van der Waals surface area contributed by atoms with Crippen molar-refractivity contribution >= 4 is 0 Å². The van der Waals surface area contributed by atoms with E-state index in [1.807, 2.05) is 0 Å². The lowest BCUT2D eigenvalue weighted by atomic mass is 9.81. The van der Waals surface area contributed by atoms with Crippen LogP contribution in [0.15, 0.2) is 0 Å². The van der Waals surface area contributed by atoms with Gasteiger partial charge in [-0.15, -0.1) is 0 Å². The summed E-state index contributed by atoms with van der Waals surface area (Å²) in [6.45, 7) is 2.70. The number of nitrogens with one attached hydrogen (secondary N) is 1. The van der Waals surface area contributed by atoms with E-state index in [-0.39, 0.29) is 11.6 Å². The van der Waals surface area contributed by atoms with Crippen LogP contribution in [0.3, 0.4) is 0 Å². The van der Waals surface area contributed by atoms with Gasteiger partial charge in [0.05, 0.1) is 25.4 Å². The molecule has 5 heteroatoms. The third kappa shape index (κ3) is 5.91. The summed E-state index contributed by atoms with van der Waals surface area (Å²) in [5, 5.41) is 13.1. The Balaban J connectivity index is 1.61. The molecule has 2 aliphatic carbocycles. The third-order valence-electron chi connectivity index (χ3n) is 4.20. The van der Waals surface area contributed by atoms with Crippen LogP contribution < -0.4 is 5.32 Å². The zero-order valence-corrected chi connectivity index (χ0v) is 13.1. The van der Waals surface area contributed by atoms with Gasteiger partial charge in [-0.2, -0.15) is 5.26 Å². The number of hydrogen-bond donors (Lipinski definition) is 1. The minimum atomic E-state index is -0.348. The van der Waals surface area contributed by atoms with E-state index in [2.05, 4.69) is 11.4 Å². The molecule has 2 saturated carbocycles. The number of ether oxygens (including phenoxy) is 3. The van der Waals surface area contributed by atoms with Crippen molar-refractivity contribution in [1.29, 1.82) is 5.26 Å². The van der Waals surface area contributed by atoms with E-state index in [1.165, 1.54) is 12.8 Å². The number of methoxy groups -OCH3 is 1. The minimum absolute atomic E-state index is 0.212. The number of rotatable bonds is 10. The van der Waals surface area contributed by atoms with Crippen LogP contribution in [0.2, 0.25) is 0 Å². The third-order valence-corrected chi connectivity index (χ3v) is 4.20. The second-order valence-electron chi connectivity index (χ2n) is 6.16. The number of nitriles is 1. The van der Waals surface area contributed by atoms with Crippen LogP contribution in [0.4, 0.5) is 0 Å². The highest BCUT2D eigenvalue weighted by molar-refractivity contribution is 5.12. The molecular formula is C16H28N2O3. The first-order valence-electron chi connectivity index (χ1n) is 8.15. The summed E-state index contributed by atoms with van der Waals surface area (Å²) < 4.78 is 16.3. The number of hydrogen-bond acceptors (Lipinski definition) is 5. The molecule has 2 atom stereocenters. The normalized spacial score (nSPS) is 29.2. The Morgan fingerprint density at radius 2 is 2.05 bits per heavy atom. The molecule has 5 nitrogen and oxygen atoms in total. The molecule has 0 bridgehead atoms. The summed E-state index contributed by atoms with van der Waals surface area (Å²) in [7, 11) is 1.67. The lowest BCUT2D eigenvalue weighted by Gasteiger charge is -2.36. The Labute approximate surface area is 127 Å². The predicted molar refractivity (Wildman–Crippen MR) is 80.0 cm³/mol. The van der Waals surface area contributed by atoms with E-state index >= 15 is 0 Å². The molecule has 2 rings (SSSR count). The first kappa shape index (κ1) is 16.7. The van der Waals surface area contributed by atoms with Crippen LogP contribution >= 0.6 is 0 Å². The maximum Gasteiger partial charge on any atom is 0.109 e. The predicted octanol–water partition coefficient (Wildman–Crippen LogP) is 2.01. The van der Waals surface area contributed by atoms with Crippen molar-refractivity contribution in [2.24, 2.45) is 0 Å². The van der Waals surface area contributed by atoms with E-state index in [9.17, 15) is 5.26 Å². The fraction of sp³-hybridized carbons (Fsp3) is 0.938. The molecule has 0 aromatic carbocycles. The zero-order valence-electron chi connectivity index (χ0n) is 13.1. The maximum absolute atomic E-state index is 9.53. The zero-order chi connectivity index (χ0) is 15.0. The van der Waals surface area contributed by atoms with Crippen molar-refractivity contribution in [1.82, 2.24) is 5.32 Å². The average Bonchev–Trinajstić information content (AvgIpc) is 3.30. The Bertz CT molecular complexity index is 341. The van der Waals surface area contributed by atoms with E-state index in [4.69, 9.17) is 14.2 Å². The molecule has 0 aromatic heterocycles. The Morgan fingerprint density at radius 3 is 2.76 bits per heavy atom. The molecule has 120 valence electrons. The molecule has 0 saturated heterocycles. The van der Waals surface area contributed by atoms with Gasteiger partial charge in [-0.05, 0) is 38.5 Å². The van der Waals surface area contributed by atoms with Gasteiger partial charge in [-0.25, -0.2) is 0 Å². The SMILES string of the molecule is COCCOCCCOC1CCCC(C#N)(NC2CC2)C1. The molecule has 0 heterocycles. The van der Waals surface area contributed by atoms with Gasteiger partial charge in [0.15, 0.2) is 0 Å². The van der Waals surface area contributed by atoms with Gasteiger partial charge in [-0.3, -0.25) is 5.32 Å². The molecule has 0 amide bonds. The fourth-order valence-corrected chi connectivity index (χ4v) is 2.91. The van der Waals surface area contributed by atoms with Gasteiger partial charge in [-0.1, -0.05) is 0 Å². The highest BCUT2D eigenvalue weighted by Crippen LogP contribution is 2.33. The van der Waals surface area contributed by atoms with Crippen LogP contribution in [-0.2, 0) is 14.2 Å². The largest absolute Gasteiger partial charge is 0.382 e. The van der Waals surface area contributed by atoms with Crippen molar-refractivity contribution < 1.29 is 14.2 Å². The molecule has 0 spiro atoms. The first-order chi connectivity index (χ1) is 10.3. The lowest BCUT2D eigenvalue weighted by molar-refractivity contribution is -0.00542. The maximum atomic E-state index is 9.53. The second-order valence-corrected chi connectivity index (χ2v) is 6.16. The monoisotopic (exact) mass is 296 g/mol. The summed E-state index contributed by atoms with van der Waals surface area (Å²) in [6.07, 6.45) is 7.47. The number of nitrogens with zero attached hydrogens (tertiary/aromatic N) is 1. The van der Waals surface area contributed by atoms with E-state index in [1.54, 1.807) is 7.11 Å². The standard InChI is InChI=1S/C16H28N2O3/c1-19-10-11-20-8-3-9-21-15-4-2-7-16(12-15,13-17)18-14-5-6-14/h14-15,18H,2-12H2,1H3. The van der Waals surface area contributed by atoms with E-state index in [0.717, 1.165) is 32.1 Å². The molecule has 0 radical (unpaired) electrons. The van der Waals surface area contributed by atoms with Crippen molar-refractivity contribution in [3.8, 4) is 6.07 Å². The van der Waals surface area contributed by atoms with Crippen LogP contribution in [-0.4, -0.2) is 51.2 Å². The summed E-state index contributed by atoms with van der Waals surface area (Å²) in [6, 6.07) is 3.08. The molecular weight excluding hydrogens is 268 g/mol. The van der Waals surface area contributed by atoms with E-state index < -0.39 is 0 Å². The summed E-state index contributed by atoms with van der Waals surface area (Å²) in [5.41, 5.74) is -0.348. The molecule has 2 fully saturated rings. The lowest BCUT2D eigenvalue weighted by Crippen LogP contribution is -2.50. The summed E-state index contributed by atoms with van der Waals surface area (Å²) in [5.74, 6) is 0. The van der Waals surface area contributed by atoms with Gasteiger partial charge in [0.25, 0.3) is 0 Å². The van der Waals surface area contributed by atoms with Gasteiger partial charge in [0, 0.05) is 32.8 Å². The van der Waals surface area contributed by atoms with Crippen molar-refractivity contribution in [2.75, 3.05) is 33.5 Å². The Morgan fingerprint density at radius 1 is 1.19 bits per heavy atom. The quantitative estimate of drug-likeness (QED) is 0.625. The van der Waals surface area contributed by atoms with Crippen LogP contribution in [0, 0.1) is 11.3 Å². The highest BCUT2D eigenvalue weighted by Gasteiger charge is 2.40. The van der Waals surface area contributed by atoms with Crippen LogP contribution in [0.1, 0.15) is 44.9 Å². The Kier molecular flexibility index (Phi) is 6.91. The van der Waals surface area contributed by atoms with Crippen molar-refractivity contribution in [3.05, 3.63) is 0 Å². The smallest absolute Gasteiger partial charge is 0.109 e. The van der Waals surface area contributed by atoms with Crippen molar-refractivity contribution in [2.45, 2.75) is 62.6 Å². The van der Waals surface area contributed by atoms with Crippen LogP contribution in [0.25, 0.3) is 0 Å². The summed E-state index contributed by atoms with van der Waals surface area (Å²) in [4.78, 5) is 0. The van der Waals surface area contributed by atoms with Gasteiger partial charge in [0.1, 0.15) is 5.54 Å². The van der Waals surface area contributed by atoms with Crippen LogP contribution in [0.5, 0.6) is 0 Å². The van der Waals surface area contributed by atoms with Gasteiger partial charge < -0.3 is 14.2 Å². The average molecular weight is 296 g/mol. The molecule has 0 aromatic rings. The molecule has 0 aliphatic heterocycles. The highest BCUT2D eigenvalue weighted by atomic mass is 16.5. The second kappa shape index (κ2) is 8.70. The molecule has 21 heavy (non-hydrogen) atoms. The molecule has 2 aliphatic rings.